The Morgan fingerprint density at radius 3 is 2.77 bits per heavy atom. The van der Waals surface area contributed by atoms with Crippen LogP contribution in [0.4, 0.5) is 0 Å². The van der Waals surface area contributed by atoms with Crippen molar-refractivity contribution in [1.29, 1.82) is 0 Å². The molecular weight excluding hydrogens is 284 g/mol. The van der Waals surface area contributed by atoms with Gasteiger partial charge in [-0.3, -0.25) is 4.79 Å². The molecule has 1 N–H and O–H groups in total. The number of rotatable bonds is 2. The first kappa shape index (κ1) is 13.5. The molecule has 0 aromatic heterocycles. The van der Waals surface area contributed by atoms with E-state index in [-0.39, 0.29) is 5.56 Å². The van der Waals surface area contributed by atoms with E-state index in [0.29, 0.717) is 28.8 Å². The second kappa shape index (κ2) is 4.95. The zero-order valence-electron chi connectivity index (χ0n) is 12.4. The fourth-order valence-electron chi connectivity index (χ4n) is 3.78. The molecule has 3 saturated heterocycles. The third-order valence-electron chi connectivity index (χ3n) is 4.99. The standard InChI is InChI=1S/C15H18N4O3/c1-22-15(21)11-7-19(6-10-13(11)16-17-14(10)20)12-8-18-4-2-9(12)3-5-18/h6-7,9,12H,2-5,8H2,1H3,(H,17,20)/t12-/m1/s1. The minimum absolute atomic E-state index is 0.268. The van der Waals surface area contributed by atoms with Gasteiger partial charge >= 0.3 is 5.97 Å². The number of nitrogens with one attached hydrogen (secondary N) is 1. The van der Waals surface area contributed by atoms with E-state index in [1.165, 1.54) is 20.0 Å². The van der Waals surface area contributed by atoms with Crippen LogP contribution in [-0.4, -0.2) is 52.4 Å². The van der Waals surface area contributed by atoms with Gasteiger partial charge in [0.05, 0.1) is 12.7 Å². The van der Waals surface area contributed by atoms with Crippen LogP contribution in [-0.2, 0) is 4.74 Å². The Kier molecular flexibility index (Phi) is 3.04. The van der Waals surface area contributed by atoms with E-state index in [1.54, 1.807) is 6.20 Å². The summed E-state index contributed by atoms with van der Waals surface area (Å²) >= 11 is 0. The number of aromatic nitrogens is 3. The molecule has 0 aromatic rings. The molecule has 0 aromatic carbocycles. The SMILES string of the molecule is COC(=O)c1cn([C@@H]2CN3CCC2CC3)cc2c(=O)[nH]nc1-2. The third-order valence-corrected chi connectivity index (χ3v) is 4.99. The van der Waals surface area contributed by atoms with E-state index in [9.17, 15) is 9.59 Å². The molecule has 0 radical (unpaired) electrons. The monoisotopic (exact) mass is 302 g/mol. The number of hydrogen-bond acceptors (Lipinski definition) is 5. The van der Waals surface area contributed by atoms with Crippen LogP contribution in [0, 0.1) is 5.92 Å². The molecule has 5 aliphatic heterocycles. The first-order valence-electron chi connectivity index (χ1n) is 7.58. The van der Waals surface area contributed by atoms with Gasteiger partial charge in [0.2, 0.25) is 0 Å². The highest BCUT2D eigenvalue weighted by Gasteiger charge is 2.36. The van der Waals surface area contributed by atoms with Crippen molar-refractivity contribution in [3.8, 4) is 11.3 Å². The van der Waals surface area contributed by atoms with Crippen LogP contribution in [0.15, 0.2) is 17.2 Å². The molecular formula is C15H18N4O3. The van der Waals surface area contributed by atoms with Crippen molar-refractivity contribution < 1.29 is 9.53 Å². The molecule has 0 aliphatic carbocycles. The van der Waals surface area contributed by atoms with E-state index < -0.39 is 5.97 Å². The molecule has 22 heavy (non-hydrogen) atoms. The lowest BCUT2D eigenvalue weighted by atomic mass is 9.83. The van der Waals surface area contributed by atoms with Gasteiger partial charge in [-0.25, -0.2) is 9.89 Å². The summed E-state index contributed by atoms with van der Waals surface area (Å²) in [6.45, 7) is 3.26. The van der Waals surface area contributed by atoms with E-state index in [1.807, 2.05) is 10.8 Å². The van der Waals surface area contributed by atoms with Crippen molar-refractivity contribution in [3.05, 3.63) is 28.3 Å². The van der Waals surface area contributed by atoms with Gasteiger partial charge in [0.25, 0.3) is 5.56 Å². The maximum absolute atomic E-state index is 12.0. The molecule has 5 aliphatic rings. The smallest absolute Gasteiger partial charge is 0.341 e. The number of H-pyrrole nitrogens is 1. The second-order valence-corrected chi connectivity index (χ2v) is 6.13. The maximum Gasteiger partial charge on any atom is 0.341 e. The van der Waals surface area contributed by atoms with Crippen molar-refractivity contribution in [3.63, 3.8) is 0 Å². The Morgan fingerprint density at radius 1 is 1.36 bits per heavy atom. The number of carbonyl (C=O) groups is 1. The van der Waals surface area contributed by atoms with Crippen molar-refractivity contribution >= 4 is 5.97 Å². The van der Waals surface area contributed by atoms with Crippen LogP contribution in [0.5, 0.6) is 0 Å². The van der Waals surface area contributed by atoms with Gasteiger partial charge in [-0.1, -0.05) is 0 Å². The van der Waals surface area contributed by atoms with Gasteiger partial charge in [-0.2, -0.15) is 5.10 Å². The van der Waals surface area contributed by atoms with Crippen LogP contribution >= 0.6 is 0 Å². The topological polar surface area (TPSA) is 80.2 Å². The van der Waals surface area contributed by atoms with Gasteiger partial charge in [-0.05, 0) is 31.8 Å². The largest absolute Gasteiger partial charge is 0.465 e. The fraction of sp³-hybridized carbons (Fsp3) is 0.533. The molecule has 5 heterocycles. The average molecular weight is 302 g/mol. The predicted octanol–water partition coefficient (Wildman–Crippen LogP) is 0.730. The molecule has 0 spiro atoms. The van der Waals surface area contributed by atoms with Crippen molar-refractivity contribution in [2.75, 3.05) is 26.7 Å². The lowest BCUT2D eigenvalue weighted by molar-refractivity contribution is 0.0549. The molecule has 1 atom stereocenters. The molecule has 0 amide bonds. The summed E-state index contributed by atoms with van der Waals surface area (Å²) in [5, 5.41) is 6.38. The van der Waals surface area contributed by atoms with Crippen LogP contribution < -0.4 is 5.56 Å². The highest BCUT2D eigenvalue weighted by atomic mass is 16.5. The van der Waals surface area contributed by atoms with Crippen molar-refractivity contribution in [2.45, 2.75) is 18.9 Å². The molecule has 2 bridgehead atoms. The first-order chi connectivity index (χ1) is 10.7. The second-order valence-electron chi connectivity index (χ2n) is 6.13. The van der Waals surface area contributed by atoms with E-state index in [0.717, 1.165) is 19.6 Å². The minimum atomic E-state index is -0.466. The minimum Gasteiger partial charge on any atom is -0.465 e. The van der Waals surface area contributed by atoms with Crippen molar-refractivity contribution in [1.82, 2.24) is 19.7 Å². The average Bonchev–Trinajstić information content (AvgIpc) is 2.95. The summed E-state index contributed by atoms with van der Waals surface area (Å²) in [4.78, 5) is 26.4. The number of esters is 1. The lowest BCUT2D eigenvalue weighted by Crippen LogP contribution is -2.48. The number of hydrogen-bond donors (Lipinski definition) is 1. The molecule has 3 fully saturated rings. The summed E-state index contributed by atoms with van der Waals surface area (Å²) in [5.41, 5.74) is 0.902. The summed E-state index contributed by atoms with van der Waals surface area (Å²) in [5.74, 6) is 0.132. The quantitative estimate of drug-likeness (QED) is 0.827. The summed E-state index contributed by atoms with van der Waals surface area (Å²) in [6, 6.07) is 0.296. The summed E-state index contributed by atoms with van der Waals surface area (Å²) < 4.78 is 6.85. The molecule has 116 valence electrons. The number of methoxy groups -OCH3 is 1. The molecule has 7 heteroatoms. The Bertz CT molecular complexity index is 742. The van der Waals surface area contributed by atoms with Gasteiger partial charge in [0.1, 0.15) is 11.3 Å². The summed E-state index contributed by atoms with van der Waals surface area (Å²) in [7, 11) is 1.34. The van der Waals surface area contributed by atoms with Gasteiger partial charge in [-0.15, -0.1) is 0 Å². The van der Waals surface area contributed by atoms with E-state index in [2.05, 4.69) is 15.1 Å². The van der Waals surface area contributed by atoms with E-state index in [4.69, 9.17) is 4.74 Å². The molecule has 0 saturated carbocycles. The number of carbonyl (C=O) groups excluding carboxylic acids is 1. The zero-order chi connectivity index (χ0) is 15.3. The highest BCUT2D eigenvalue weighted by molar-refractivity contribution is 5.95. The normalized spacial score (nSPS) is 27.2. The fourth-order valence-corrected chi connectivity index (χ4v) is 3.78. The van der Waals surface area contributed by atoms with Gasteiger partial charge in [0.15, 0.2) is 0 Å². The van der Waals surface area contributed by atoms with Gasteiger partial charge in [0, 0.05) is 25.0 Å². The Morgan fingerprint density at radius 2 is 2.14 bits per heavy atom. The van der Waals surface area contributed by atoms with Crippen LogP contribution in [0.25, 0.3) is 11.3 Å². The van der Waals surface area contributed by atoms with Crippen molar-refractivity contribution in [2.24, 2.45) is 5.92 Å². The summed E-state index contributed by atoms with van der Waals surface area (Å²) in [6.07, 6.45) is 5.93. The number of ether oxygens (including phenoxy) is 1. The van der Waals surface area contributed by atoms with Crippen LogP contribution in [0.1, 0.15) is 29.2 Å². The zero-order valence-corrected chi connectivity index (χ0v) is 12.4. The Balaban J connectivity index is 1.84. The van der Waals surface area contributed by atoms with Gasteiger partial charge < -0.3 is 14.2 Å². The molecule has 7 nitrogen and oxygen atoms in total. The predicted molar refractivity (Wildman–Crippen MR) is 79.0 cm³/mol. The molecule has 5 rings (SSSR count). The number of aromatic amines is 1. The maximum atomic E-state index is 12.0. The molecule has 0 unspecified atom stereocenters. The van der Waals surface area contributed by atoms with Crippen LogP contribution in [0.3, 0.4) is 0 Å². The number of nitrogens with zero attached hydrogens (tertiary/aromatic N) is 3. The Hall–Kier alpha value is -2.15. The number of fused-ring (bicyclic) bond motifs is 4. The first-order valence-corrected chi connectivity index (χ1v) is 7.58. The Labute approximate surface area is 127 Å². The highest BCUT2D eigenvalue weighted by Crippen LogP contribution is 2.36. The lowest BCUT2D eigenvalue weighted by Gasteiger charge is -2.45. The number of piperidine rings is 3. The van der Waals surface area contributed by atoms with Crippen LogP contribution in [0.2, 0.25) is 0 Å². The number of pyridine rings is 1. The third kappa shape index (κ3) is 1.96. The van der Waals surface area contributed by atoms with E-state index >= 15 is 0 Å².